The molecule has 0 spiro atoms. The fourth-order valence-corrected chi connectivity index (χ4v) is 4.85. The van der Waals surface area contributed by atoms with E-state index in [1.807, 2.05) is 0 Å². The summed E-state index contributed by atoms with van der Waals surface area (Å²) in [7, 11) is 1.68. The van der Waals surface area contributed by atoms with Gasteiger partial charge in [0, 0.05) is 18.6 Å². The Balaban J connectivity index is 1.79. The molecule has 3 rings (SSSR count). The first kappa shape index (κ1) is 16.9. The molecule has 3 aliphatic rings. The molecule has 0 aromatic rings. The van der Waals surface area contributed by atoms with Crippen LogP contribution >= 0.6 is 23.5 Å². The number of aliphatic imine (C=N–C) groups is 1. The smallest absolute Gasteiger partial charge is 0.352 e. The lowest BCUT2D eigenvalue weighted by Gasteiger charge is -2.48. The molecule has 9 nitrogen and oxygen atoms in total. The molecule has 128 valence electrons. The van der Waals surface area contributed by atoms with Crippen molar-refractivity contribution in [1.29, 1.82) is 0 Å². The van der Waals surface area contributed by atoms with Gasteiger partial charge in [0.05, 0.1) is 0 Å². The van der Waals surface area contributed by atoms with E-state index in [4.69, 9.17) is 5.73 Å². The summed E-state index contributed by atoms with van der Waals surface area (Å²) in [6.45, 7) is 3.54. The number of β-lactam (4-membered cyclic amide) rings is 1. The van der Waals surface area contributed by atoms with E-state index in [2.05, 4.69) is 17.0 Å². The average molecular weight is 369 g/mol. The predicted octanol–water partition coefficient (Wildman–Crippen LogP) is -0.853. The lowest BCUT2D eigenvalue weighted by molar-refractivity contribution is -0.147. The fraction of sp³-hybridized carbons (Fsp3) is 0.385. The predicted molar refractivity (Wildman–Crippen MR) is 90.7 cm³/mol. The highest BCUT2D eigenvalue weighted by Gasteiger charge is 2.51. The van der Waals surface area contributed by atoms with Gasteiger partial charge in [0.25, 0.3) is 5.91 Å². The number of rotatable bonds is 3. The van der Waals surface area contributed by atoms with Gasteiger partial charge < -0.3 is 10.8 Å². The Kier molecular flexibility index (Phi) is 4.32. The maximum Gasteiger partial charge on any atom is 0.352 e. The number of thioether (sulfide) groups is 2. The molecule has 2 atom stereocenters. The zero-order valence-corrected chi connectivity index (χ0v) is 14.3. The van der Waals surface area contributed by atoms with Crippen LogP contribution < -0.4 is 11.2 Å². The van der Waals surface area contributed by atoms with E-state index in [1.54, 1.807) is 12.1 Å². The molecular formula is C13H15N5O4S2. The van der Waals surface area contributed by atoms with Crippen molar-refractivity contribution in [2.75, 3.05) is 18.6 Å². The number of carbonyl (C=O) groups is 3. The van der Waals surface area contributed by atoms with Gasteiger partial charge in [-0.15, -0.1) is 11.8 Å². The van der Waals surface area contributed by atoms with Crippen LogP contribution in [0.25, 0.3) is 0 Å². The van der Waals surface area contributed by atoms with Gasteiger partial charge in [-0.1, -0.05) is 18.3 Å². The molecule has 3 aliphatic heterocycles. The van der Waals surface area contributed by atoms with Crippen molar-refractivity contribution in [3.63, 3.8) is 0 Å². The SMILES string of the molecule is C=C1NN(C)C(SCC2=C(C(=O)O)N3C(=O)[C@@H](N)[C@H]3SC2)=NC1=O. The van der Waals surface area contributed by atoms with Gasteiger partial charge in [-0.25, -0.2) is 4.79 Å². The summed E-state index contributed by atoms with van der Waals surface area (Å²) >= 11 is 2.65. The Morgan fingerprint density at radius 2 is 2.29 bits per heavy atom. The number of aliphatic carboxylic acids is 1. The number of hydrogen-bond donors (Lipinski definition) is 3. The lowest BCUT2D eigenvalue weighted by atomic mass is 10.0. The molecule has 4 N–H and O–H groups in total. The third kappa shape index (κ3) is 2.68. The van der Waals surface area contributed by atoms with Crippen LogP contribution in [0.4, 0.5) is 0 Å². The summed E-state index contributed by atoms with van der Waals surface area (Å²) in [6.07, 6.45) is 0. The number of nitrogens with one attached hydrogen (secondary N) is 1. The number of carboxylic acid groups (broad SMARTS) is 1. The standard InChI is InChI=1S/C13H15N5O4S2/c1-5-9(19)15-13(17(2)16-5)24-4-6-3-23-11-7(14)10(20)18(11)8(6)12(21)22/h7,11,16H,1,3-4,14H2,2H3,(H,21,22)/t7-,11-/m1/s1. The van der Waals surface area contributed by atoms with Crippen molar-refractivity contribution >= 4 is 46.5 Å². The van der Waals surface area contributed by atoms with Crippen molar-refractivity contribution in [3.8, 4) is 0 Å². The fourth-order valence-electron chi connectivity index (χ4n) is 2.50. The monoisotopic (exact) mass is 369 g/mol. The van der Waals surface area contributed by atoms with E-state index in [9.17, 15) is 19.5 Å². The van der Waals surface area contributed by atoms with Gasteiger partial charge in [-0.05, 0) is 5.57 Å². The molecule has 11 heteroatoms. The quantitative estimate of drug-likeness (QED) is 0.430. The van der Waals surface area contributed by atoms with Gasteiger partial charge in [-0.3, -0.25) is 24.9 Å². The third-order valence-corrected chi connectivity index (χ3v) is 6.19. The van der Waals surface area contributed by atoms with Gasteiger partial charge in [0.1, 0.15) is 22.8 Å². The second kappa shape index (κ2) is 6.15. The van der Waals surface area contributed by atoms with Crippen LogP contribution in [-0.2, 0) is 14.4 Å². The van der Waals surface area contributed by atoms with E-state index in [1.165, 1.54) is 28.4 Å². The van der Waals surface area contributed by atoms with E-state index in [0.717, 1.165) is 0 Å². The topological polar surface area (TPSA) is 128 Å². The number of amides is 2. The molecule has 2 amide bonds. The van der Waals surface area contributed by atoms with Crippen LogP contribution in [0, 0.1) is 0 Å². The molecular weight excluding hydrogens is 354 g/mol. The number of carboxylic acids is 1. The highest BCUT2D eigenvalue weighted by molar-refractivity contribution is 8.14. The third-order valence-electron chi connectivity index (χ3n) is 3.71. The van der Waals surface area contributed by atoms with Crippen LogP contribution in [0.5, 0.6) is 0 Å². The number of carbonyl (C=O) groups excluding carboxylic acids is 2. The number of fused-ring (bicyclic) bond motifs is 1. The first-order valence-electron chi connectivity index (χ1n) is 6.92. The average Bonchev–Trinajstić information content (AvgIpc) is 2.55. The molecule has 3 heterocycles. The minimum Gasteiger partial charge on any atom is -0.477 e. The van der Waals surface area contributed by atoms with Gasteiger partial charge in [-0.2, -0.15) is 4.99 Å². The summed E-state index contributed by atoms with van der Waals surface area (Å²) in [5, 5.41) is 11.1. The lowest BCUT2D eigenvalue weighted by Crippen LogP contribution is -2.68. The molecule has 0 unspecified atom stereocenters. The van der Waals surface area contributed by atoms with Crippen LogP contribution in [0.2, 0.25) is 0 Å². The minimum atomic E-state index is -1.15. The summed E-state index contributed by atoms with van der Waals surface area (Å²) < 4.78 is 0. The minimum absolute atomic E-state index is 0.0132. The zero-order chi connectivity index (χ0) is 17.6. The second-order valence-electron chi connectivity index (χ2n) is 5.33. The maximum absolute atomic E-state index is 11.9. The number of hydrazine groups is 1. The van der Waals surface area contributed by atoms with Crippen LogP contribution in [-0.4, -0.2) is 67.9 Å². The number of nitrogens with two attached hydrogens (primary N) is 1. The molecule has 1 saturated heterocycles. The Labute approximate surface area is 146 Å². The van der Waals surface area contributed by atoms with Crippen molar-refractivity contribution in [2.24, 2.45) is 10.7 Å². The first-order valence-corrected chi connectivity index (χ1v) is 8.95. The summed E-state index contributed by atoms with van der Waals surface area (Å²) in [5.41, 5.74) is 9.22. The molecule has 24 heavy (non-hydrogen) atoms. The van der Waals surface area contributed by atoms with Gasteiger partial charge >= 0.3 is 5.97 Å². The summed E-state index contributed by atoms with van der Waals surface area (Å²) in [4.78, 5) is 40.2. The molecule has 0 aliphatic carbocycles. The van der Waals surface area contributed by atoms with Crippen molar-refractivity contribution in [3.05, 3.63) is 23.5 Å². The molecule has 0 bridgehead atoms. The maximum atomic E-state index is 11.9. The molecule has 0 aromatic carbocycles. The van der Waals surface area contributed by atoms with Crippen molar-refractivity contribution in [1.82, 2.24) is 15.3 Å². The van der Waals surface area contributed by atoms with Crippen LogP contribution in [0.3, 0.4) is 0 Å². The van der Waals surface area contributed by atoms with E-state index >= 15 is 0 Å². The van der Waals surface area contributed by atoms with Crippen molar-refractivity contribution in [2.45, 2.75) is 11.4 Å². The zero-order valence-electron chi connectivity index (χ0n) is 12.7. The Hall–Kier alpha value is -1.98. The van der Waals surface area contributed by atoms with Crippen LogP contribution in [0.1, 0.15) is 0 Å². The van der Waals surface area contributed by atoms with Gasteiger partial charge in [0.15, 0.2) is 5.17 Å². The number of hydrogen-bond acceptors (Lipinski definition) is 8. The van der Waals surface area contributed by atoms with Crippen LogP contribution in [0.15, 0.2) is 28.5 Å². The highest BCUT2D eigenvalue weighted by atomic mass is 32.2. The molecule has 0 radical (unpaired) electrons. The number of nitrogens with zero attached hydrogens (tertiary/aromatic N) is 3. The largest absolute Gasteiger partial charge is 0.477 e. The molecule has 0 aromatic heterocycles. The Morgan fingerprint density at radius 3 is 2.96 bits per heavy atom. The van der Waals surface area contributed by atoms with Gasteiger partial charge in [0.2, 0.25) is 5.91 Å². The van der Waals surface area contributed by atoms with E-state index in [-0.39, 0.29) is 22.7 Å². The van der Waals surface area contributed by atoms with E-state index in [0.29, 0.717) is 22.2 Å². The Morgan fingerprint density at radius 1 is 1.58 bits per heavy atom. The normalized spacial score (nSPS) is 26.8. The second-order valence-corrected chi connectivity index (χ2v) is 7.38. The van der Waals surface area contributed by atoms with E-state index < -0.39 is 17.9 Å². The highest BCUT2D eigenvalue weighted by Crippen LogP contribution is 2.40. The summed E-state index contributed by atoms with van der Waals surface area (Å²) in [5.74, 6) is -1.25. The molecule has 0 saturated carbocycles. The molecule has 1 fully saturated rings. The summed E-state index contributed by atoms with van der Waals surface area (Å²) in [6, 6.07) is -0.653. The number of amidine groups is 1. The van der Waals surface area contributed by atoms with Crippen molar-refractivity contribution < 1.29 is 19.5 Å². The Bertz CT molecular complexity index is 719. The first-order chi connectivity index (χ1) is 11.3.